The molecule has 0 spiro atoms. The zero-order valence-electron chi connectivity index (χ0n) is 9.13. The summed E-state index contributed by atoms with van der Waals surface area (Å²) < 4.78 is 15.6. The number of fused-ring (bicyclic) bond motifs is 2. The van der Waals surface area contributed by atoms with Crippen molar-refractivity contribution in [1.29, 1.82) is 0 Å². The van der Waals surface area contributed by atoms with Gasteiger partial charge in [0, 0.05) is 0 Å². The van der Waals surface area contributed by atoms with E-state index in [-0.39, 0.29) is 18.0 Å². The maximum atomic E-state index is 11.9. The minimum atomic E-state index is -0.218. The molecule has 2 aliphatic carbocycles. The summed E-state index contributed by atoms with van der Waals surface area (Å²) in [5.74, 6) is 0.997. The fourth-order valence-corrected chi connectivity index (χ4v) is 2.84. The van der Waals surface area contributed by atoms with E-state index in [1.807, 2.05) is 0 Å². The van der Waals surface area contributed by atoms with Gasteiger partial charge in [-0.15, -0.1) is 0 Å². The van der Waals surface area contributed by atoms with Gasteiger partial charge in [0.1, 0.15) is 12.9 Å². The summed E-state index contributed by atoms with van der Waals surface area (Å²) in [5, 5.41) is 0. The summed E-state index contributed by atoms with van der Waals surface area (Å²) in [6.07, 6.45) is 6.24. The lowest BCUT2D eigenvalue weighted by molar-refractivity contribution is -0.187. The Kier molecular flexibility index (Phi) is 2.69. The van der Waals surface area contributed by atoms with Crippen molar-refractivity contribution in [2.45, 2.75) is 18.9 Å². The second-order valence-corrected chi connectivity index (χ2v) is 4.81. The molecule has 0 aromatic heterocycles. The van der Waals surface area contributed by atoms with Crippen LogP contribution in [0.3, 0.4) is 0 Å². The number of hydrogen-bond donors (Lipinski definition) is 0. The van der Waals surface area contributed by atoms with E-state index in [0.717, 1.165) is 12.8 Å². The smallest absolute Gasteiger partial charge is 0.309 e. The first-order valence-electron chi connectivity index (χ1n) is 5.87. The van der Waals surface area contributed by atoms with E-state index in [9.17, 15) is 4.79 Å². The van der Waals surface area contributed by atoms with E-state index in [1.165, 1.54) is 0 Å². The molecule has 0 N–H and O–H groups in total. The van der Waals surface area contributed by atoms with Crippen molar-refractivity contribution in [3.63, 3.8) is 0 Å². The average molecular weight is 224 g/mol. The van der Waals surface area contributed by atoms with Crippen LogP contribution in [0.5, 0.6) is 0 Å². The second kappa shape index (κ2) is 4.18. The van der Waals surface area contributed by atoms with Crippen LogP contribution in [0, 0.1) is 17.8 Å². The third-order valence-electron chi connectivity index (χ3n) is 3.64. The van der Waals surface area contributed by atoms with Crippen molar-refractivity contribution in [3.8, 4) is 0 Å². The number of allylic oxidation sites excluding steroid dienone is 2. The van der Waals surface area contributed by atoms with Gasteiger partial charge in [-0.2, -0.15) is 0 Å². The summed E-state index contributed by atoms with van der Waals surface area (Å²) in [6.45, 7) is 1.23. The number of carbonyl (C=O) groups is 1. The lowest BCUT2D eigenvalue weighted by Gasteiger charge is -2.25. The molecule has 88 valence electrons. The van der Waals surface area contributed by atoms with Crippen molar-refractivity contribution in [1.82, 2.24) is 0 Å². The third kappa shape index (κ3) is 1.87. The summed E-state index contributed by atoms with van der Waals surface area (Å²) in [6, 6.07) is 0. The van der Waals surface area contributed by atoms with Crippen LogP contribution in [0.1, 0.15) is 12.8 Å². The monoisotopic (exact) mass is 224 g/mol. The molecular weight excluding hydrogens is 208 g/mol. The van der Waals surface area contributed by atoms with Crippen molar-refractivity contribution >= 4 is 5.97 Å². The molecule has 4 heteroatoms. The number of ether oxygens (including phenoxy) is 3. The highest BCUT2D eigenvalue weighted by Crippen LogP contribution is 2.43. The molecule has 3 unspecified atom stereocenters. The van der Waals surface area contributed by atoms with Crippen molar-refractivity contribution in [2.75, 3.05) is 20.0 Å². The van der Waals surface area contributed by atoms with Gasteiger partial charge < -0.3 is 14.2 Å². The molecule has 1 heterocycles. The molecule has 4 nitrogen and oxygen atoms in total. The van der Waals surface area contributed by atoms with Crippen LogP contribution in [0.25, 0.3) is 0 Å². The van der Waals surface area contributed by atoms with Crippen LogP contribution in [0.15, 0.2) is 12.2 Å². The maximum Gasteiger partial charge on any atom is 0.309 e. The van der Waals surface area contributed by atoms with E-state index >= 15 is 0 Å². The van der Waals surface area contributed by atoms with Crippen LogP contribution in [-0.2, 0) is 19.0 Å². The zero-order chi connectivity index (χ0) is 11.0. The summed E-state index contributed by atoms with van der Waals surface area (Å²) in [7, 11) is 0. The Morgan fingerprint density at radius 3 is 2.62 bits per heavy atom. The number of hydrogen-bond acceptors (Lipinski definition) is 4. The quantitative estimate of drug-likeness (QED) is 0.520. The minimum Gasteiger partial charge on any atom is -0.457 e. The Hall–Kier alpha value is -0.870. The predicted molar refractivity (Wildman–Crippen MR) is 55.5 cm³/mol. The molecule has 3 rings (SSSR count). The van der Waals surface area contributed by atoms with Crippen LogP contribution in [-0.4, -0.2) is 32.1 Å². The molecule has 2 bridgehead atoms. The Balaban J connectivity index is 1.55. The number of carbonyl (C=O) groups excluding carboxylic acids is 1. The van der Waals surface area contributed by atoms with Crippen molar-refractivity contribution in [2.24, 2.45) is 17.8 Å². The number of rotatable bonds is 2. The third-order valence-corrected chi connectivity index (χ3v) is 3.64. The zero-order valence-corrected chi connectivity index (χ0v) is 9.13. The average Bonchev–Trinajstić information content (AvgIpc) is 2.92. The van der Waals surface area contributed by atoms with Crippen LogP contribution in [0.2, 0.25) is 0 Å². The van der Waals surface area contributed by atoms with Crippen LogP contribution >= 0.6 is 0 Å². The van der Waals surface area contributed by atoms with E-state index in [2.05, 4.69) is 12.2 Å². The number of esters is 1. The van der Waals surface area contributed by atoms with Crippen molar-refractivity contribution < 1.29 is 19.0 Å². The van der Waals surface area contributed by atoms with Gasteiger partial charge in [-0.25, -0.2) is 0 Å². The lowest BCUT2D eigenvalue weighted by atomic mass is 9.94. The molecule has 3 aliphatic rings. The van der Waals surface area contributed by atoms with Gasteiger partial charge in [-0.1, -0.05) is 12.2 Å². The van der Waals surface area contributed by atoms with Gasteiger partial charge in [0.2, 0.25) is 0 Å². The molecule has 16 heavy (non-hydrogen) atoms. The first kappa shape index (κ1) is 10.3. The molecule has 0 aromatic rings. The minimum absolute atomic E-state index is 0.0666. The van der Waals surface area contributed by atoms with Gasteiger partial charge in [0.25, 0.3) is 0 Å². The predicted octanol–water partition coefficient (Wildman–Crippen LogP) is 1.11. The van der Waals surface area contributed by atoms with E-state index in [4.69, 9.17) is 14.2 Å². The largest absolute Gasteiger partial charge is 0.457 e. The van der Waals surface area contributed by atoms with Crippen molar-refractivity contribution in [3.05, 3.63) is 12.2 Å². The first-order valence-corrected chi connectivity index (χ1v) is 5.87. The van der Waals surface area contributed by atoms with E-state index < -0.39 is 0 Å². The Labute approximate surface area is 94.5 Å². The molecule has 0 aromatic carbocycles. The van der Waals surface area contributed by atoms with Gasteiger partial charge in [0.15, 0.2) is 0 Å². The molecular formula is C12H16O4. The standard InChI is InChI=1S/C12H16O4/c13-12(16-10-5-14-7-15-6-10)11-4-8-1-2-9(11)3-8/h1-2,8-11H,3-7H2. The fraction of sp³-hybridized carbons (Fsp3) is 0.750. The lowest BCUT2D eigenvalue weighted by Crippen LogP contribution is -2.36. The second-order valence-electron chi connectivity index (χ2n) is 4.81. The Bertz CT molecular complexity index is 306. The van der Waals surface area contributed by atoms with Crippen LogP contribution in [0.4, 0.5) is 0 Å². The SMILES string of the molecule is O=C(OC1COCOC1)C1CC2C=CC1C2. The molecule has 1 saturated heterocycles. The highest BCUT2D eigenvalue weighted by molar-refractivity contribution is 5.74. The van der Waals surface area contributed by atoms with Gasteiger partial charge in [-0.05, 0) is 24.7 Å². The van der Waals surface area contributed by atoms with Gasteiger partial charge in [0.05, 0.1) is 19.1 Å². The first-order chi connectivity index (χ1) is 7.83. The highest BCUT2D eigenvalue weighted by atomic mass is 16.7. The molecule has 3 atom stereocenters. The van der Waals surface area contributed by atoms with Gasteiger partial charge in [-0.3, -0.25) is 4.79 Å². The Morgan fingerprint density at radius 1 is 1.19 bits per heavy atom. The molecule has 0 amide bonds. The van der Waals surface area contributed by atoms with Gasteiger partial charge >= 0.3 is 5.97 Å². The highest BCUT2D eigenvalue weighted by Gasteiger charge is 2.41. The molecule has 1 aliphatic heterocycles. The summed E-state index contributed by atoms with van der Waals surface area (Å²) >= 11 is 0. The normalized spacial score (nSPS) is 37.9. The maximum absolute atomic E-state index is 11.9. The van der Waals surface area contributed by atoms with E-state index in [1.54, 1.807) is 0 Å². The summed E-state index contributed by atoms with van der Waals surface area (Å²) in [4.78, 5) is 11.9. The molecule has 0 radical (unpaired) electrons. The topological polar surface area (TPSA) is 44.8 Å². The molecule has 1 saturated carbocycles. The van der Waals surface area contributed by atoms with Crippen LogP contribution < -0.4 is 0 Å². The molecule has 2 fully saturated rings. The summed E-state index contributed by atoms with van der Waals surface area (Å²) in [5.41, 5.74) is 0. The van der Waals surface area contributed by atoms with E-state index in [0.29, 0.717) is 31.8 Å². The Morgan fingerprint density at radius 2 is 2.00 bits per heavy atom. The fourth-order valence-electron chi connectivity index (χ4n) is 2.84.